The Morgan fingerprint density at radius 3 is 2.57 bits per heavy atom. The van der Waals surface area contributed by atoms with Crippen LogP contribution >= 0.6 is 0 Å². The van der Waals surface area contributed by atoms with Crippen LogP contribution in [0.4, 0.5) is 17.6 Å². The van der Waals surface area contributed by atoms with Crippen LogP contribution in [0.15, 0.2) is 18.2 Å². The van der Waals surface area contributed by atoms with Gasteiger partial charge in [-0.3, -0.25) is 4.79 Å². The zero-order valence-electron chi connectivity index (χ0n) is 10.7. The summed E-state index contributed by atoms with van der Waals surface area (Å²) in [5.74, 6) is 2.70. The minimum Gasteiger partial charge on any atom is -0.384 e. The zero-order valence-corrected chi connectivity index (χ0v) is 10.7. The molecule has 1 fully saturated rings. The first-order valence-electron chi connectivity index (χ1n) is 6.07. The summed E-state index contributed by atoms with van der Waals surface area (Å²) in [4.78, 5) is 11.8. The third-order valence-corrected chi connectivity index (χ3v) is 3.17. The standard InChI is InChI=1S/C14H11F4NO2/c15-11-4-3-9(2-1-7-20)8-10(11)12(21)19-13(5-6-13)14(16,17)18/h3-4,8,20H,5-7H2,(H,19,21). The monoisotopic (exact) mass is 301 g/mol. The lowest BCUT2D eigenvalue weighted by Crippen LogP contribution is -2.48. The predicted octanol–water partition coefficient (Wildman–Crippen LogP) is 1.99. The van der Waals surface area contributed by atoms with Crippen LogP contribution in [-0.4, -0.2) is 29.3 Å². The molecule has 1 aliphatic rings. The van der Waals surface area contributed by atoms with Crippen LogP contribution in [0, 0.1) is 17.7 Å². The van der Waals surface area contributed by atoms with Crippen molar-refractivity contribution in [3.8, 4) is 11.8 Å². The molecular formula is C14H11F4NO2. The second-order valence-corrected chi connectivity index (χ2v) is 4.69. The number of carbonyl (C=O) groups excluding carboxylic acids is 1. The van der Waals surface area contributed by atoms with Crippen LogP contribution in [0.3, 0.4) is 0 Å². The van der Waals surface area contributed by atoms with Gasteiger partial charge in [0.05, 0.1) is 5.56 Å². The summed E-state index contributed by atoms with van der Waals surface area (Å²) in [6.07, 6.45) is -4.99. The summed E-state index contributed by atoms with van der Waals surface area (Å²) >= 11 is 0. The van der Waals surface area contributed by atoms with Crippen LogP contribution in [0.5, 0.6) is 0 Å². The van der Waals surface area contributed by atoms with Gasteiger partial charge in [-0.1, -0.05) is 11.8 Å². The maximum Gasteiger partial charge on any atom is 0.411 e. The van der Waals surface area contributed by atoms with Gasteiger partial charge >= 0.3 is 6.18 Å². The van der Waals surface area contributed by atoms with Crippen molar-refractivity contribution in [3.05, 3.63) is 35.1 Å². The van der Waals surface area contributed by atoms with Crippen LogP contribution < -0.4 is 5.32 Å². The van der Waals surface area contributed by atoms with E-state index in [9.17, 15) is 22.4 Å². The largest absolute Gasteiger partial charge is 0.411 e. The van der Waals surface area contributed by atoms with E-state index in [0.29, 0.717) is 0 Å². The molecule has 2 rings (SSSR count). The SMILES string of the molecule is O=C(NC1(C(F)(F)F)CC1)c1cc(C#CCO)ccc1F. The highest BCUT2D eigenvalue weighted by Crippen LogP contribution is 2.49. The maximum atomic E-state index is 13.6. The van der Waals surface area contributed by atoms with E-state index in [-0.39, 0.29) is 18.4 Å². The van der Waals surface area contributed by atoms with Crippen LogP contribution in [0.1, 0.15) is 28.8 Å². The Balaban J connectivity index is 2.23. The van der Waals surface area contributed by atoms with Gasteiger partial charge in [0.15, 0.2) is 0 Å². The molecule has 1 amide bonds. The first kappa shape index (κ1) is 15.3. The number of hydrogen-bond acceptors (Lipinski definition) is 2. The predicted molar refractivity (Wildman–Crippen MR) is 65.9 cm³/mol. The van der Waals surface area contributed by atoms with Crippen molar-refractivity contribution in [1.82, 2.24) is 5.32 Å². The summed E-state index contributed by atoms with van der Waals surface area (Å²) in [5.41, 5.74) is -2.52. The Labute approximate surface area is 118 Å². The summed E-state index contributed by atoms with van der Waals surface area (Å²) < 4.78 is 51.9. The van der Waals surface area contributed by atoms with E-state index in [4.69, 9.17) is 5.11 Å². The molecule has 7 heteroatoms. The lowest BCUT2D eigenvalue weighted by molar-refractivity contribution is -0.163. The fourth-order valence-electron chi connectivity index (χ4n) is 1.81. The first-order valence-corrected chi connectivity index (χ1v) is 6.07. The minimum atomic E-state index is -4.56. The van der Waals surface area contributed by atoms with Gasteiger partial charge in [0.1, 0.15) is 18.0 Å². The third-order valence-electron chi connectivity index (χ3n) is 3.17. The Hall–Kier alpha value is -2.07. The van der Waals surface area contributed by atoms with Crippen molar-refractivity contribution in [3.63, 3.8) is 0 Å². The molecule has 21 heavy (non-hydrogen) atoms. The van der Waals surface area contributed by atoms with Crippen molar-refractivity contribution >= 4 is 5.91 Å². The van der Waals surface area contributed by atoms with Gasteiger partial charge in [0.25, 0.3) is 5.91 Å². The van der Waals surface area contributed by atoms with Gasteiger partial charge in [-0.15, -0.1) is 0 Å². The van der Waals surface area contributed by atoms with Gasteiger partial charge in [-0.25, -0.2) is 4.39 Å². The van der Waals surface area contributed by atoms with Gasteiger partial charge in [0, 0.05) is 5.56 Å². The number of rotatable bonds is 2. The van der Waals surface area contributed by atoms with E-state index in [1.54, 1.807) is 0 Å². The van der Waals surface area contributed by atoms with E-state index < -0.39 is 35.6 Å². The van der Waals surface area contributed by atoms with Crippen molar-refractivity contribution in [2.45, 2.75) is 24.6 Å². The molecule has 2 N–H and O–H groups in total. The molecular weight excluding hydrogens is 290 g/mol. The first-order chi connectivity index (χ1) is 9.79. The summed E-state index contributed by atoms with van der Waals surface area (Å²) in [6, 6.07) is 3.27. The number of benzene rings is 1. The number of nitrogens with one attached hydrogen (secondary N) is 1. The number of aliphatic hydroxyl groups excluding tert-OH is 1. The number of hydrogen-bond donors (Lipinski definition) is 2. The molecule has 112 valence electrons. The molecule has 0 heterocycles. The van der Waals surface area contributed by atoms with E-state index in [0.717, 1.165) is 12.1 Å². The number of carbonyl (C=O) groups is 1. The molecule has 0 radical (unpaired) electrons. The molecule has 0 aromatic heterocycles. The number of alkyl halides is 3. The Morgan fingerprint density at radius 1 is 1.38 bits per heavy atom. The fourth-order valence-corrected chi connectivity index (χ4v) is 1.81. The number of aliphatic hydroxyl groups is 1. The number of amides is 1. The minimum absolute atomic E-state index is 0.214. The zero-order chi connectivity index (χ0) is 15.7. The van der Waals surface area contributed by atoms with Crippen LogP contribution in [0.25, 0.3) is 0 Å². The normalized spacial score (nSPS) is 15.9. The maximum absolute atomic E-state index is 13.6. The average molecular weight is 301 g/mol. The highest BCUT2D eigenvalue weighted by Gasteiger charge is 2.64. The Kier molecular flexibility index (Phi) is 3.92. The Bertz CT molecular complexity index is 624. The molecule has 0 aliphatic heterocycles. The molecule has 3 nitrogen and oxygen atoms in total. The highest BCUT2D eigenvalue weighted by atomic mass is 19.4. The lowest BCUT2D eigenvalue weighted by Gasteiger charge is -2.20. The molecule has 0 atom stereocenters. The third kappa shape index (κ3) is 3.16. The fraction of sp³-hybridized carbons (Fsp3) is 0.357. The van der Waals surface area contributed by atoms with Crippen molar-refractivity contribution < 1.29 is 27.5 Å². The van der Waals surface area contributed by atoms with Gasteiger partial charge < -0.3 is 10.4 Å². The molecule has 1 aromatic rings. The van der Waals surface area contributed by atoms with Crippen LogP contribution in [0.2, 0.25) is 0 Å². The molecule has 0 unspecified atom stereocenters. The molecule has 0 bridgehead atoms. The highest BCUT2D eigenvalue weighted by molar-refractivity contribution is 5.95. The summed E-state index contributed by atoms with van der Waals surface area (Å²) in [7, 11) is 0. The average Bonchev–Trinajstić information content (AvgIpc) is 3.18. The molecule has 1 saturated carbocycles. The van der Waals surface area contributed by atoms with Crippen molar-refractivity contribution in [1.29, 1.82) is 0 Å². The second-order valence-electron chi connectivity index (χ2n) is 4.69. The smallest absolute Gasteiger partial charge is 0.384 e. The van der Waals surface area contributed by atoms with Gasteiger partial charge in [-0.05, 0) is 31.0 Å². The molecule has 1 aliphatic carbocycles. The lowest BCUT2D eigenvalue weighted by atomic mass is 10.1. The topological polar surface area (TPSA) is 49.3 Å². The van der Waals surface area contributed by atoms with E-state index in [1.165, 1.54) is 6.07 Å². The number of halogens is 4. The quantitative estimate of drug-likeness (QED) is 0.648. The summed E-state index contributed by atoms with van der Waals surface area (Å²) in [6.45, 7) is -0.421. The summed E-state index contributed by atoms with van der Waals surface area (Å²) in [5, 5.41) is 10.4. The van der Waals surface area contributed by atoms with E-state index >= 15 is 0 Å². The van der Waals surface area contributed by atoms with Gasteiger partial charge in [0.2, 0.25) is 0 Å². The molecule has 1 aromatic carbocycles. The van der Waals surface area contributed by atoms with Gasteiger partial charge in [-0.2, -0.15) is 13.2 Å². The Morgan fingerprint density at radius 2 is 2.05 bits per heavy atom. The van der Waals surface area contributed by atoms with E-state index in [1.807, 2.05) is 5.32 Å². The van der Waals surface area contributed by atoms with Crippen molar-refractivity contribution in [2.24, 2.45) is 0 Å². The van der Waals surface area contributed by atoms with Crippen molar-refractivity contribution in [2.75, 3.05) is 6.61 Å². The molecule has 0 spiro atoms. The van der Waals surface area contributed by atoms with Crippen LogP contribution in [-0.2, 0) is 0 Å². The molecule has 0 saturated heterocycles. The second kappa shape index (κ2) is 5.37. The van der Waals surface area contributed by atoms with E-state index in [2.05, 4.69) is 11.8 Å².